The molecule has 0 fully saturated rings. The van der Waals surface area contributed by atoms with Crippen LogP contribution in [0.1, 0.15) is 27.7 Å². The number of carboxylic acid groups (broad SMARTS) is 1. The molecule has 17 heavy (non-hydrogen) atoms. The molecule has 0 aliphatic rings. The molecule has 1 unspecified atom stereocenters. The van der Waals surface area contributed by atoms with Crippen molar-refractivity contribution < 1.29 is 19.4 Å². The topological polar surface area (TPSA) is 75.6 Å². The lowest BCUT2D eigenvalue weighted by Gasteiger charge is -2.18. The molecule has 5 heteroatoms. The molecular formula is C12H21NO4. The van der Waals surface area contributed by atoms with E-state index in [9.17, 15) is 9.59 Å². The van der Waals surface area contributed by atoms with E-state index < -0.39 is 17.2 Å². The number of methoxy groups -OCH3 is 1. The summed E-state index contributed by atoms with van der Waals surface area (Å²) in [5.74, 6) is -1.56. The van der Waals surface area contributed by atoms with E-state index in [1.165, 1.54) is 19.9 Å². The van der Waals surface area contributed by atoms with Crippen LogP contribution in [0, 0.1) is 5.41 Å². The van der Waals surface area contributed by atoms with Gasteiger partial charge in [-0.2, -0.15) is 0 Å². The van der Waals surface area contributed by atoms with Gasteiger partial charge in [-0.15, -0.1) is 0 Å². The van der Waals surface area contributed by atoms with Gasteiger partial charge in [-0.25, -0.2) is 0 Å². The number of hydrogen-bond donors (Lipinski definition) is 2. The number of carboxylic acids is 1. The van der Waals surface area contributed by atoms with E-state index in [4.69, 9.17) is 9.84 Å². The van der Waals surface area contributed by atoms with Gasteiger partial charge in [0.15, 0.2) is 5.78 Å². The lowest BCUT2D eigenvalue weighted by atomic mass is 9.88. The number of ketones is 1. The normalized spacial score (nSPS) is 14.3. The Balaban J connectivity index is 4.59. The number of rotatable bonds is 7. The van der Waals surface area contributed by atoms with Gasteiger partial charge in [0.2, 0.25) is 0 Å². The summed E-state index contributed by atoms with van der Waals surface area (Å²) in [7, 11) is 1.59. The summed E-state index contributed by atoms with van der Waals surface area (Å²) in [5, 5.41) is 11.9. The SMILES string of the molecule is COCC(C)NC(C)=CC(=O)C(C)(C)C(=O)O. The Morgan fingerprint density at radius 3 is 2.41 bits per heavy atom. The number of allylic oxidation sites excluding steroid dienone is 2. The van der Waals surface area contributed by atoms with Crippen molar-refractivity contribution in [3.05, 3.63) is 11.8 Å². The fourth-order valence-electron chi connectivity index (χ4n) is 1.20. The first-order chi connectivity index (χ1) is 7.71. The van der Waals surface area contributed by atoms with E-state index in [1.54, 1.807) is 14.0 Å². The number of carbonyl (C=O) groups excluding carboxylic acids is 1. The molecule has 0 radical (unpaired) electrons. The highest BCUT2D eigenvalue weighted by Crippen LogP contribution is 2.17. The first-order valence-electron chi connectivity index (χ1n) is 5.43. The predicted molar refractivity (Wildman–Crippen MR) is 64.7 cm³/mol. The summed E-state index contributed by atoms with van der Waals surface area (Å²) < 4.78 is 4.95. The smallest absolute Gasteiger partial charge is 0.316 e. The van der Waals surface area contributed by atoms with Gasteiger partial charge < -0.3 is 15.2 Å². The minimum Gasteiger partial charge on any atom is -0.481 e. The number of nitrogens with one attached hydrogen (secondary N) is 1. The summed E-state index contributed by atoms with van der Waals surface area (Å²) in [6.45, 7) is 6.93. The Labute approximate surface area is 102 Å². The van der Waals surface area contributed by atoms with Crippen LogP contribution in [-0.4, -0.2) is 36.6 Å². The van der Waals surface area contributed by atoms with Crippen molar-refractivity contribution in [2.75, 3.05) is 13.7 Å². The minimum atomic E-state index is -1.40. The molecule has 0 spiro atoms. The second-order valence-electron chi connectivity index (χ2n) is 4.62. The zero-order valence-corrected chi connectivity index (χ0v) is 11.0. The molecule has 0 aromatic heterocycles. The quantitative estimate of drug-likeness (QED) is 0.519. The van der Waals surface area contributed by atoms with Gasteiger partial charge in [-0.3, -0.25) is 9.59 Å². The third-order valence-electron chi connectivity index (χ3n) is 2.39. The monoisotopic (exact) mass is 243 g/mol. The molecule has 0 rings (SSSR count). The number of hydrogen-bond acceptors (Lipinski definition) is 4. The zero-order valence-electron chi connectivity index (χ0n) is 11.0. The molecule has 2 N–H and O–H groups in total. The minimum absolute atomic E-state index is 0.0667. The number of aliphatic carboxylic acids is 1. The van der Waals surface area contributed by atoms with E-state index in [0.29, 0.717) is 12.3 Å². The average Bonchev–Trinajstić information content (AvgIpc) is 2.16. The first kappa shape index (κ1) is 15.6. The summed E-state index contributed by atoms with van der Waals surface area (Å²) in [6, 6.07) is 0.0667. The molecule has 0 heterocycles. The van der Waals surface area contributed by atoms with Crippen LogP contribution in [-0.2, 0) is 14.3 Å². The van der Waals surface area contributed by atoms with Crippen LogP contribution in [0.2, 0.25) is 0 Å². The summed E-state index contributed by atoms with van der Waals surface area (Å²) in [5.41, 5.74) is -0.762. The highest BCUT2D eigenvalue weighted by molar-refractivity contribution is 6.08. The molecule has 0 aromatic rings. The van der Waals surface area contributed by atoms with Gasteiger partial charge in [-0.05, 0) is 27.7 Å². The molecule has 0 aliphatic heterocycles. The van der Waals surface area contributed by atoms with Gasteiger partial charge in [0.25, 0.3) is 0 Å². The van der Waals surface area contributed by atoms with Crippen LogP contribution >= 0.6 is 0 Å². The van der Waals surface area contributed by atoms with E-state index >= 15 is 0 Å². The molecule has 0 aromatic carbocycles. The fourth-order valence-corrected chi connectivity index (χ4v) is 1.20. The summed E-state index contributed by atoms with van der Waals surface area (Å²) in [6.07, 6.45) is 1.32. The number of carbonyl (C=O) groups is 2. The highest BCUT2D eigenvalue weighted by atomic mass is 16.5. The van der Waals surface area contributed by atoms with Crippen LogP contribution < -0.4 is 5.32 Å². The van der Waals surface area contributed by atoms with Crippen molar-refractivity contribution in [2.45, 2.75) is 33.7 Å². The van der Waals surface area contributed by atoms with Gasteiger partial charge in [0.05, 0.1) is 6.61 Å². The van der Waals surface area contributed by atoms with Gasteiger partial charge in [-0.1, -0.05) is 0 Å². The maximum Gasteiger partial charge on any atom is 0.316 e. The van der Waals surface area contributed by atoms with Crippen molar-refractivity contribution >= 4 is 11.8 Å². The van der Waals surface area contributed by atoms with Gasteiger partial charge in [0.1, 0.15) is 5.41 Å². The molecule has 0 amide bonds. The Hall–Kier alpha value is -1.36. The van der Waals surface area contributed by atoms with E-state index in [2.05, 4.69) is 5.32 Å². The second-order valence-corrected chi connectivity index (χ2v) is 4.62. The first-order valence-corrected chi connectivity index (χ1v) is 5.43. The van der Waals surface area contributed by atoms with Crippen LogP contribution in [0.4, 0.5) is 0 Å². The molecule has 0 bridgehead atoms. The molecule has 5 nitrogen and oxygen atoms in total. The summed E-state index contributed by atoms with van der Waals surface area (Å²) in [4.78, 5) is 22.6. The lowest BCUT2D eigenvalue weighted by molar-refractivity contribution is -0.151. The van der Waals surface area contributed by atoms with E-state index in [0.717, 1.165) is 0 Å². The van der Waals surface area contributed by atoms with Crippen LogP contribution in [0.3, 0.4) is 0 Å². The van der Waals surface area contributed by atoms with E-state index in [1.807, 2.05) is 6.92 Å². The van der Waals surface area contributed by atoms with E-state index in [-0.39, 0.29) is 6.04 Å². The maximum atomic E-state index is 11.7. The zero-order chi connectivity index (χ0) is 13.6. The molecule has 1 atom stereocenters. The molecule has 0 saturated carbocycles. The highest BCUT2D eigenvalue weighted by Gasteiger charge is 2.34. The Morgan fingerprint density at radius 2 is 2.00 bits per heavy atom. The molecule has 0 saturated heterocycles. The van der Waals surface area contributed by atoms with Crippen LogP contribution in [0.5, 0.6) is 0 Å². The lowest BCUT2D eigenvalue weighted by Crippen LogP contribution is -2.34. The van der Waals surface area contributed by atoms with Crippen LogP contribution in [0.15, 0.2) is 11.8 Å². The maximum absolute atomic E-state index is 11.7. The van der Waals surface area contributed by atoms with Crippen molar-refractivity contribution in [3.8, 4) is 0 Å². The molecule has 0 aliphatic carbocycles. The van der Waals surface area contributed by atoms with Crippen molar-refractivity contribution in [1.82, 2.24) is 5.32 Å². The standard InChI is InChI=1S/C12H21NO4/c1-8(13-9(2)7-17-5)6-10(14)12(3,4)11(15)16/h6,9,13H,7H2,1-5H3,(H,15,16). The Bertz CT molecular complexity index is 320. The van der Waals surface area contributed by atoms with Crippen molar-refractivity contribution in [1.29, 1.82) is 0 Å². The van der Waals surface area contributed by atoms with Crippen molar-refractivity contribution in [3.63, 3.8) is 0 Å². The third kappa shape index (κ3) is 4.99. The predicted octanol–water partition coefficient (Wildman–Crippen LogP) is 1.19. The molecular weight excluding hydrogens is 222 g/mol. The number of ether oxygens (including phenoxy) is 1. The van der Waals surface area contributed by atoms with Crippen molar-refractivity contribution in [2.24, 2.45) is 5.41 Å². The average molecular weight is 243 g/mol. The third-order valence-corrected chi connectivity index (χ3v) is 2.39. The Morgan fingerprint density at radius 1 is 1.47 bits per heavy atom. The molecule has 98 valence electrons. The fraction of sp³-hybridized carbons (Fsp3) is 0.667. The largest absolute Gasteiger partial charge is 0.481 e. The van der Waals surface area contributed by atoms with Crippen LogP contribution in [0.25, 0.3) is 0 Å². The Kier molecular flexibility index (Phi) is 5.88. The van der Waals surface area contributed by atoms with Gasteiger partial charge >= 0.3 is 5.97 Å². The van der Waals surface area contributed by atoms with Gasteiger partial charge in [0, 0.05) is 24.9 Å². The summed E-state index contributed by atoms with van der Waals surface area (Å²) >= 11 is 0. The second kappa shape index (κ2) is 6.39.